The van der Waals surface area contributed by atoms with Gasteiger partial charge in [0.15, 0.2) is 0 Å². The van der Waals surface area contributed by atoms with Crippen LogP contribution in [0.15, 0.2) is 12.5 Å². The van der Waals surface area contributed by atoms with Gasteiger partial charge in [0.1, 0.15) is 0 Å². The summed E-state index contributed by atoms with van der Waals surface area (Å²) in [4.78, 5) is 4.16. The van der Waals surface area contributed by atoms with Gasteiger partial charge in [0.2, 0.25) is 0 Å². The van der Waals surface area contributed by atoms with Crippen molar-refractivity contribution in [2.75, 3.05) is 6.61 Å². The molecule has 1 heterocycles. The van der Waals surface area contributed by atoms with Gasteiger partial charge in [-0.05, 0) is 26.7 Å². The molecular formula is C12H23N3O. The molecule has 0 fully saturated rings. The third kappa shape index (κ3) is 3.32. The normalized spacial score (nSPS) is 15.4. The topological polar surface area (TPSA) is 50.1 Å². The van der Waals surface area contributed by atoms with Crippen LogP contribution >= 0.6 is 0 Å². The van der Waals surface area contributed by atoms with Crippen LogP contribution in [0, 0.1) is 5.92 Å². The highest BCUT2D eigenvalue weighted by Crippen LogP contribution is 2.09. The lowest BCUT2D eigenvalue weighted by molar-refractivity contribution is 0.206. The van der Waals surface area contributed by atoms with E-state index in [2.05, 4.69) is 35.6 Å². The van der Waals surface area contributed by atoms with Gasteiger partial charge < -0.3 is 15.0 Å². The Morgan fingerprint density at radius 1 is 1.38 bits per heavy atom. The molecule has 0 saturated carbocycles. The summed E-state index contributed by atoms with van der Waals surface area (Å²) >= 11 is 0. The predicted molar refractivity (Wildman–Crippen MR) is 65.2 cm³/mol. The van der Waals surface area contributed by atoms with Crippen LogP contribution < -0.4 is 5.32 Å². The molecule has 0 aliphatic carbocycles. The van der Waals surface area contributed by atoms with Crippen LogP contribution in [0.4, 0.5) is 0 Å². The summed E-state index contributed by atoms with van der Waals surface area (Å²) in [7, 11) is 0. The molecule has 0 spiro atoms. The van der Waals surface area contributed by atoms with E-state index in [4.69, 9.17) is 5.11 Å². The number of aliphatic hydroxyl groups is 1. The van der Waals surface area contributed by atoms with Crippen LogP contribution in [-0.2, 0) is 6.54 Å². The standard InChI is InChI=1S/C12H23N3O/c1-9(2)15-8-13-5-12(15)6-14-11(4)10(3)7-16/h5,8-11,14,16H,6-7H2,1-4H3. The molecule has 1 aromatic rings. The van der Waals surface area contributed by atoms with Crippen molar-refractivity contribution in [3.05, 3.63) is 18.2 Å². The van der Waals surface area contributed by atoms with E-state index >= 15 is 0 Å². The molecule has 0 aliphatic heterocycles. The Morgan fingerprint density at radius 3 is 2.62 bits per heavy atom. The van der Waals surface area contributed by atoms with E-state index in [1.807, 2.05) is 19.4 Å². The number of nitrogens with one attached hydrogen (secondary N) is 1. The minimum absolute atomic E-state index is 0.220. The molecule has 0 radical (unpaired) electrons. The Kier molecular flexibility index (Phi) is 4.96. The molecule has 92 valence electrons. The first-order valence-corrected chi connectivity index (χ1v) is 5.91. The first-order valence-electron chi connectivity index (χ1n) is 5.91. The number of aromatic nitrogens is 2. The Bertz CT molecular complexity index is 309. The van der Waals surface area contributed by atoms with Crippen molar-refractivity contribution < 1.29 is 5.11 Å². The molecular weight excluding hydrogens is 202 g/mol. The van der Waals surface area contributed by atoms with Gasteiger partial charge >= 0.3 is 0 Å². The Labute approximate surface area is 97.7 Å². The lowest BCUT2D eigenvalue weighted by atomic mass is 10.1. The van der Waals surface area contributed by atoms with E-state index in [9.17, 15) is 0 Å². The quantitative estimate of drug-likeness (QED) is 0.772. The molecule has 1 aromatic heterocycles. The third-order valence-corrected chi connectivity index (χ3v) is 3.05. The van der Waals surface area contributed by atoms with Crippen molar-refractivity contribution in [3.8, 4) is 0 Å². The van der Waals surface area contributed by atoms with Crippen LogP contribution in [0.2, 0.25) is 0 Å². The van der Waals surface area contributed by atoms with Gasteiger partial charge in [-0.3, -0.25) is 0 Å². The van der Waals surface area contributed by atoms with Crippen LogP contribution in [-0.4, -0.2) is 27.3 Å². The molecule has 0 aromatic carbocycles. The summed E-state index contributed by atoms with van der Waals surface area (Å²) in [6.45, 7) is 9.44. The first kappa shape index (κ1) is 13.2. The van der Waals surface area contributed by atoms with Crippen molar-refractivity contribution in [3.63, 3.8) is 0 Å². The maximum atomic E-state index is 9.05. The van der Waals surface area contributed by atoms with E-state index < -0.39 is 0 Å². The summed E-state index contributed by atoms with van der Waals surface area (Å²) in [6.07, 6.45) is 3.76. The molecule has 16 heavy (non-hydrogen) atoms. The van der Waals surface area contributed by atoms with E-state index in [-0.39, 0.29) is 12.5 Å². The Hall–Kier alpha value is -0.870. The van der Waals surface area contributed by atoms with E-state index in [0.717, 1.165) is 6.54 Å². The molecule has 2 unspecified atom stereocenters. The highest BCUT2D eigenvalue weighted by atomic mass is 16.3. The minimum atomic E-state index is 0.220. The number of imidazole rings is 1. The monoisotopic (exact) mass is 225 g/mol. The van der Waals surface area contributed by atoms with Gasteiger partial charge in [0, 0.05) is 31.4 Å². The molecule has 2 N–H and O–H groups in total. The first-order chi connectivity index (χ1) is 7.56. The number of hydrogen-bond acceptors (Lipinski definition) is 3. The number of hydrogen-bond donors (Lipinski definition) is 2. The second-order valence-electron chi connectivity index (χ2n) is 4.72. The van der Waals surface area contributed by atoms with Crippen molar-refractivity contribution in [1.29, 1.82) is 0 Å². The molecule has 4 nitrogen and oxygen atoms in total. The van der Waals surface area contributed by atoms with Crippen molar-refractivity contribution in [2.45, 2.75) is 46.3 Å². The van der Waals surface area contributed by atoms with Crippen LogP contribution in [0.3, 0.4) is 0 Å². The predicted octanol–water partition coefficient (Wildman–Crippen LogP) is 1.57. The zero-order valence-corrected chi connectivity index (χ0v) is 10.6. The van der Waals surface area contributed by atoms with Crippen LogP contribution in [0.1, 0.15) is 39.4 Å². The summed E-state index contributed by atoms with van der Waals surface area (Å²) < 4.78 is 2.16. The average Bonchev–Trinajstić information content (AvgIpc) is 2.72. The second kappa shape index (κ2) is 6.01. The lowest BCUT2D eigenvalue weighted by Crippen LogP contribution is -2.34. The number of aliphatic hydroxyl groups excluding tert-OH is 1. The minimum Gasteiger partial charge on any atom is -0.396 e. The molecule has 1 rings (SSSR count). The maximum Gasteiger partial charge on any atom is 0.0951 e. The van der Waals surface area contributed by atoms with E-state index in [0.29, 0.717) is 12.1 Å². The summed E-state index contributed by atoms with van der Waals surface area (Å²) in [5.74, 6) is 0.274. The molecule has 2 atom stereocenters. The zero-order chi connectivity index (χ0) is 12.1. The fourth-order valence-electron chi connectivity index (χ4n) is 1.56. The molecule has 0 saturated heterocycles. The largest absolute Gasteiger partial charge is 0.396 e. The van der Waals surface area contributed by atoms with Crippen molar-refractivity contribution in [1.82, 2.24) is 14.9 Å². The summed E-state index contributed by atoms with van der Waals surface area (Å²) in [6, 6.07) is 0.741. The highest BCUT2D eigenvalue weighted by molar-refractivity contribution is 4.99. The summed E-state index contributed by atoms with van der Waals surface area (Å²) in [5, 5.41) is 12.5. The molecule has 0 amide bonds. The average molecular weight is 225 g/mol. The third-order valence-electron chi connectivity index (χ3n) is 3.05. The van der Waals surface area contributed by atoms with Gasteiger partial charge in [-0.15, -0.1) is 0 Å². The Morgan fingerprint density at radius 2 is 2.06 bits per heavy atom. The van der Waals surface area contributed by atoms with E-state index in [1.54, 1.807) is 0 Å². The fraction of sp³-hybridized carbons (Fsp3) is 0.750. The van der Waals surface area contributed by atoms with Gasteiger partial charge in [-0.25, -0.2) is 4.98 Å². The van der Waals surface area contributed by atoms with Gasteiger partial charge in [-0.2, -0.15) is 0 Å². The maximum absolute atomic E-state index is 9.05. The van der Waals surface area contributed by atoms with Gasteiger partial charge in [0.25, 0.3) is 0 Å². The van der Waals surface area contributed by atoms with Crippen LogP contribution in [0.5, 0.6) is 0 Å². The van der Waals surface area contributed by atoms with Gasteiger partial charge in [0.05, 0.1) is 12.0 Å². The smallest absolute Gasteiger partial charge is 0.0951 e. The van der Waals surface area contributed by atoms with Crippen LogP contribution in [0.25, 0.3) is 0 Å². The lowest BCUT2D eigenvalue weighted by Gasteiger charge is -2.20. The van der Waals surface area contributed by atoms with E-state index in [1.165, 1.54) is 5.69 Å². The Balaban J connectivity index is 2.51. The SMILES string of the molecule is CC(CO)C(C)NCc1cncn1C(C)C. The zero-order valence-electron chi connectivity index (χ0n) is 10.6. The fourth-order valence-corrected chi connectivity index (χ4v) is 1.56. The summed E-state index contributed by atoms with van der Waals surface area (Å²) in [5.41, 5.74) is 1.19. The van der Waals surface area contributed by atoms with Crippen molar-refractivity contribution >= 4 is 0 Å². The molecule has 0 aliphatic rings. The molecule has 0 bridgehead atoms. The van der Waals surface area contributed by atoms with Gasteiger partial charge in [-0.1, -0.05) is 6.92 Å². The van der Waals surface area contributed by atoms with Crippen molar-refractivity contribution in [2.24, 2.45) is 5.92 Å². The number of nitrogens with zero attached hydrogens (tertiary/aromatic N) is 2. The molecule has 4 heteroatoms. The number of rotatable bonds is 6. The second-order valence-corrected chi connectivity index (χ2v) is 4.72. The highest BCUT2D eigenvalue weighted by Gasteiger charge is 2.11.